The van der Waals surface area contributed by atoms with Crippen LogP contribution in [0.3, 0.4) is 0 Å². The first-order valence-electron chi connectivity index (χ1n) is 11.5. The number of hydrogen-bond donors (Lipinski definition) is 4. The van der Waals surface area contributed by atoms with Gasteiger partial charge in [-0.3, -0.25) is 19.7 Å². The molecule has 2 rings (SSSR count). The van der Waals surface area contributed by atoms with E-state index in [4.69, 9.17) is 9.94 Å². The summed E-state index contributed by atoms with van der Waals surface area (Å²) in [6.45, 7) is 9.77. The molecule has 0 saturated carbocycles. The summed E-state index contributed by atoms with van der Waals surface area (Å²) in [5.41, 5.74) is 2.36. The monoisotopic (exact) mass is 469 g/mol. The zero-order chi connectivity index (χ0) is 25.0. The Labute approximate surface area is 201 Å². The first-order chi connectivity index (χ1) is 16.3. The van der Waals surface area contributed by atoms with Crippen molar-refractivity contribution in [1.29, 1.82) is 0 Å². The number of aliphatic hydroxyl groups is 1. The normalized spacial score (nSPS) is 18.0. The van der Waals surface area contributed by atoms with Gasteiger partial charge in [-0.15, -0.1) is 0 Å². The van der Waals surface area contributed by atoms with Crippen molar-refractivity contribution in [1.82, 2.24) is 15.7 Å². The van der Waals surface area contributed by atoms with Crippen LogP contribution < -0.4 is 10.8 Å². The Bertz CT molecular complexity index is 924. The molecule has 1 heterocycles. The topological polar surface area (TPSA) is 111 Å². The molecule has 2 amide bonds. The Kier molecular flexibility index (Phi) is 11.0. The van der Waals surface area contributed by atoms with Crippen molar-refractivity contribution in [3.63, 3.8) is 0 Å². The van der Waals surface area contributed by atoms with Gasteiger partial charge in [0.1, 0.15) is 6.04 Å². The molecule has 1 aliphatic rings. The van der Waals surface area contributed by atoms with Crippen molar-refractivity contribution in [3.05, 3.63) is 53.6 Å². The second-order valence-corrected chi connectivity index (χ2v) is 8.51. The maximum atomic E-state index is 12.4. The van der Waals surface area contributed by atoms with Crippen LogP contribution in [-0.4, -0.2) is 72.0 Å². The van der Waals surface area contributed by atoms with Crippen molar-refractivity contribution in [2.45, 2.75) is 39.3 Å². The van der Waals surface area contributed by atoms with Crippen LogP contribution in [0.5, 0.6) is 0 Å². The van der Waals surface area contributed by atoms with Gasteiger partial charge in [-0.25, -0.2) is 5.48 Å². The van der Waals surface area contributed by atoms with Crippen molar-refractivity contribution in [2.24, 2.45) is 5.41 Å². The lowest BCUT2D eigenvalue weighted by atomic mass is 9.89. The zero-order valence-corrected chi connectivity index (χ0v) is 20.1. The third-order valence-electron chi connectivity index (χ3n) is 5.43. The third kappa shape index (κ3) is 8.76. The third-order valence-corrected chi connectivity index (χ3v) is 5.43. The van der Waals surface area contributed by atoms with Crippen LogP contribution in [0.1, 0.15) is 43.1 Å². The van der Waals surface area contributed by atoms with E-state index in [1.54, 1.807) is 30.3 Å². The number of amides is 2. The number of aliphatic hydroxyl groups excluding tert-OH is 1. The van der Waals surface area contributed by atoms with Crippen LogP contribution in [0.25, 0.3) is 6.08 Å². The minimum atomic E-state index is -1.26. The number of nitrogens with zero attached hydrogens (tertiary/aromatic N) is 1. The molecule has 1 fully saturated rings. The Balaban J connectivity index is 2.03. The lowest BCUT2D eigenvalue weighted by Gasteiger charge is -2.32. The van der Waals surface area contributed by atoms with Gasteiger partial charge in [-0.1, -0.05) is 43.0 Å². The van der Waals surface area contributed by atoms with E-state index in [2.05, 4.69) is 48.1 Å². The molecule has 4 N–H and O–H groups in total. The number of benzene rings is 1. The highest BCUT2D eigenvalue weighted by atomic mass is 16.5. The quantitative estimate of drug-likeness (QED) is 0.191. The largest absolute Gasteiger partial charge is 0.391 e. The molecular formula is C26H35N3O5. The Hall–Kier alpha value is -2.96. The van der Waals surface area contributed by atoms with E-state index >= 15 is 0 Å². The summed E-state index contributed by atoms with van der Waals surface area (Å²) >= 11 is 0. The summed E-state index contributed by atoms with van der Waals surface area (Å²) in [5.74, 6) is 5.10. The van der Waals surface area contributed by atoms with Gasteiger partial charge in [0.15, 0.2) is 0 Å². The van der Waals surface area contributed by atoms with Crippen LogP contribution in [0.15, 0.2) is 42.5 Å². The summed E-state index contributed by atoms with van der Waals surface area (Å²) in [6, 6.07) is 5.50. The maximum Gasteiger partial charge on any atom is 0.268 e. The highest BCUT2D eigenvalue weighted by molar-refractivity contribution is 5.97. The zero-order valence-electron chi connectivity index (χ0n) is 20.1. The SMILES string of the molecule is CC/C=C\C(C)(C#C/C=C/c1ccc(C(=O)N[C@H](C(=O)NO)[C@@H](C)O)cc1)CN1CCOCC1. The number of morpholine rings is 1. The van der Waals surface area contributed by atoms with Crippen molar-refractivity contribution in [2.75, 3.05) is 32.8 Å². The number of carbonyl (C=O) groups excluding carboxylic acids is 2. The predicted octanol–water partition coefficient (Wildman–Crippen LogP) is 1.99. The van der Waals surface area contributed by atoms with Crippen LogP contribution in [0, 0.1) is 17.3 Å². The summed E-state index contributed by atoms with van der Waals surface area (Å²) in [7, 11) is 0. The molecule has 1 aromatic carbocycles. The number of ether oxygens (including phenoxy) is 1. The number of hydrogen-bond acceptors (Lipinski definition) is 6. The summed E-state index contributed by atoms with van der Waals surface area (Å²) in [4.78, 5) is 26.3. The maximum absolute atomic E-state index is 12.4. The molecule has 8 heteroatoms. The van der Waals surface area contributed by atoms with Gasteiger partial charge in [0.2, 0.25) is 0 Å². The summed E-state index contributed by atoms with van der Waals surface area (Å²) < 4.78 is 5.44. The number of carbonyl (C=O) groups is 2. The number of nitrogens with one attached hydrogen (secondary N) is 2. The fraction of sp³-hybridized carbons (Fsp3) is 0.462. The Morgan fingerprint density at radius 2 is 1.94 bits per heavy atom. The van der Waals surface area contributed by atoms with Crippen LogP contribution in [0.2, 0.25) is 0 Å². The number of allylic oxidation sites excluding steroid dienone is 2. The highest BCUT2D eigenvalue weighted by Crippen LogP contribution is 2.20. The van der Waals surface area contributed by atoms with E-state index in [0.717, 1.165) is 44.8 Å². The van der Waals surface area contributed by atoms with E-state index in [9.17, 15) is 14.7 Å². The van der Waals surface area contributed by atoms with Crippen molar-refractivity contribution in [3.8, 4) is 11.8 Å². The van der Waals surface area contributed by atoms with E-state index < -0.39 is 24.0 Å². The number of rotatable bonds is 9. The molecule has 1 saturated heterocycles. The predicted molar refractivity (Wildman–Crippen MR) is 131 cm³/mol. The molecule has 0 spiro atoms. The molecule has 0 aliphatic carbocycles. The Morgan fingerprint density at radius 3 is 2.53 bits per heavy atom. The first kappa shape index (κ1) is 27.3. The van der Waals surface area contributed by atoms with Gasteiger partial charge in [0.05, 0.1) is 24.7 Å². The van der Waals surface area contributed by atoms with Gasteiger partial charge in [0, 0.05) is 25.2 Å². The lowest BCUT2D eigenvalue weighted by Crippen LogP contribution is -2.51. The molecule has 0 aromatic heterocycles. The van der Waals surface area contributed by atoms with E-state index in [-0.39, 0.29) is 5.41 Å². The average molecular weight is 470 g/mol. The van der Waals surface area contributed by atoms with Gasteiger partial charge >= 0.3 is 0 Å². The van der Waals surface area contributed by atoms with Crippen LogP contribution in [-0.2, 0) is 9.53 Å². The summed E-state index contributed by atoms with van der Waals surface area (Å²) in [5, 5.41) is 20.8. The molecular weight excluding hydrogens is 434 g/mol. The lowest BCUT2D eigenvalue weighted by molar-refractivity contribution is -0.133. The van der Waals surface area contributed by atoms with E-state index in [1.807, 2.05) is 6.08 Å². The highest BCUT2D eigenvalue weighted by Gasteiger charge is 2.26. The first-order valence-corrected chi connectivity index (χ1v) is 11.5. The van der Waals surface area contributed by atoms with E-state index in [1.165, 1.54) is 12.4 Å². The minimum Gasteiger partial charge on any atom is -0.391 e. The fourth-order valence-corrected chi connectivity index (χ4v) is 3.53. The molecule has 184 valence electrons. The summed E-state index contributed by atoms with van der Waals surface area (Å²) in [6.07, 6.45) is 7.77. The molecule has 3 atom stereocenters. The van der Waals surface area contributed by atoms with Gasteiger partial charge < -0.3 is 15.2 Å². The molecule has 1 aliphatic heterocycles. The number of hydroxylamine groups is 1. The van der Waals surface area contributed by atoms with Crippen LogP contribution >= 0.6 is 0 Å². The second-order valence-electron chi connectivity index (χ2n) is 8.51. The van der Waals surface area contributed by atoms with E-state index in [0.29, 0.717) is 5.56 Å². The molecule has 1 aromatic rings. The van der Waals surface area contributed by atoms with Gasteiger partial charge in [0.25, 0.3) is 11.8 Å². The molecule has 0 radical (unpaired) electrons. The van der Waals surface area contributed by atoms with Crippen LogP contribution in [0.4, 0.5) is 0 Å². The Morgan fingerprint density at radius 1 is 1.26 bits per heavy atom. The smallest absolute Gasteiger partial charge is 0.268 e. The standard InChI is InChI=1S/C26H35N3O5/c1-4-5-13-26(3,19-29-15-17-34-18-16-29)14-7-6-8-21-9-11-22(12-10-21)24(31)27-23(20(2)30)25(32)28-33/h5-6,8-13,20,23,30,33H,4,15-19H2,1-3H3,(H,27,31)(H,28,32)/b8-6+,13-5-/t20-,23+,26?/m1/s1. The minimum absolute atomic E-state index is 0.263. The molecule has 1 unspecified atom stereocenters. The van der Waals surface area contributed by atoms with Crippen molar-refractivity contribution < 1.29 is 24.6 Å². The average Bonchev–Trinajstić information content (AvgIpc) is 2.84. The van der Waals surface area contributed by atoms with Crippen molar-refractivity contribution >= 4 is 17.9 Å². The van der Waals surface area contributed by atoms with Gasteiger partial charge in [-0.2, -0.15) is 0 Å². The molecule has 34 heavy (non-hydrogen) atoms. The van der Waals surface area contributed by atoms with Gasteiger partial charge in [-0.05, 0) is 50.1 Å². The second kappa shape index (κ2) is 13.7. The molecule has 8 nitrogen and oxygen atoms in total. The fourth-order valence-electron chi connectivity index (χ4n) is 3.53. The molecule has 0 bridgehead atoms.